The van der Waals surface area contributed by atoms with Gasteiger partial charge >= 0.3 is 0 Å². The van der Waals surface area contributed by atoms with Crippen LogP contribution in [0.15, 0.2) is 0 Å². The number of hydrogen-bond donors (Lipinski definition) is 1. The number of rotatable bonds is 1. The van der Waals surface area contributed by atoms with Crippen LogP contribution in [-0.2, 0) is 0 Å². The summed E-state index contributed by atoms with van der Waals surface area (Å²) in [6.07, 6.45) is 9.38. The van der Waals surface area contributed by atoms with Crippen molar-refractivity contribution in [2.45, 2.75) is 57.1 Å². The highest BCUT2D eigenvalue weighted by Crippen LogP contribution is 2.49. The van der Waals surface area contributed by atoms with E-state index in [9.17, 15) is 5.11 Å². The monoisotopic (exact) mass is 195 g/mol. The first-order chi connectivity index (χ1) is 6.77. The van der Waals surface area contributed by atoms with Gasteiger partial charge in [-0.2, -0.15) is 0 Å². The van der Waals surface area contributed by atoms with Crippen molar-refractivity contribution in [3.63, 3.8) is 0 Å². The maximum Gasteiger partial charge on any atom is 0.0552 e. The first kappa shape index (κ1) is 9.17. The highest BCUT2D eigenvalue weighted by atomic mass is 16.3. The first-order valence-corrected chi connectivity index (χ1v) is 6.20. The van der Waals surface area contributed by atoms with E-state index in [2.05, 4.69) is 4.90 Å². The molecule has 3 rings (SSSR count). The standard InChI is InChI=1S/C12H21NO/c14-11-6-12(7-11)8-13(9-12)10-4-2-1-3-5-10/h10-11,14H,1-9H2. The summed E-state index contributed by atoms with van der Waals surface area (Å²) in [5.41, 5.74) is 0.566. The lowest BCUT2D eigenvalue weighted by atomic mass is 9.61. The van der Waals surface area contributed by atoms with Crippen LogP contribution in [0.5, 0.6) is 0 Å². The summed E-state index contributed by atoms with van der Waals surface area (Å²) in [4.78, 5) is 2.67. The molecule has 0 aromatic rings. The maximum absolute atomic E-state index is 9.33. The summed E-state index contributed by atoms with van der Waals surface area (Å²) >= 11 is 0. The summed E-state index contributed by atoms with van der Waals surface area (Å²) in [6, 6.07) is 0.895. The lowest BCUT2D eigenvalue weighted by molar-refractivity contribution is -0.144. The molecule has 0 aromatic carbocycles. The van der Waals surface area contributed by atoms with Gasteiger partial charge in [0.25, 0.3) is 0 Å². The van der Waals surface area contributed by atoms with Crippen molar-refractivity contribution in [2.75, 3.05) is 13.1 Å². The molecule has 2 saturated carbocycles. The third kappa shape index (κ3) is 1.40. The molecule has 1 aliphatic heterocycles. The molecule has 3 fully saturated rings. The lowest BCUT2D eigenvalue weighted by Crippen LogP contribution is -2.66. The molecule has 14 heavy (non-hydrogen) atoms. The molecular formula is C12H21NO. The Labute approximate surface area is 86.3 Å². The summed E-state index contributed by atoms with van der Waals surface area (Å²) in [5, 5.41) is 9.33. The Morgan fingerprint density at radius 1 is 1.00 bits per heavy atom. The molecule has 0 aromatic heterocycles. The molecule has 0 radical (unpaired) electrons. The van der Waals surface area contributed by atoms with Crippen molar-refractivity contribution in [3.8, 4) is 0 Å². The van der Waals surface area contributed by atoms with Gasteiger partial charge < -0.3 is 5.11 Å². The minimum atomic E-state index is 0.0310. The first-order valence-electron chi connectivity index (χ1n) is 6.20. The predicted molar refractivity (Wildman–Crippen MR) is 56.1 cm³/mol. The predicted octanol–water partition coefficient (Wildman–Crippen LogP) is 1.78. The van der Waals surface area contributed by atoms with Gasteiger partial charge in [0, 0.05) is 24.5 Å². The van der Waals surface area contributed by atoms with Crippen molar-refractivity contribution >= 4 is 0 Å². The summed E-state index contributed by atoms with van der Waals surface area (Å²) in [7, 11) is 0. The Kier molecular flexibility index (Phi) is 2.10. The molecule has 1 spiro atoms. The van der Waals surface area contributed by atoms with E-state index in [0.29, 0.717) is 5.41 Å². The van der Waals surface area contributed by atoms with Gasteiger partial charge in [0.05, 0.1) is 6.10 Å². The Morgan fingerprint density at radius 2 is 1.64 bits per heavy atom. The average Bonchev–Trinajstić information content (AvgIpc) is 2.10. The minimum Gasteiger partial charge on any atom is -0.393 e. The second-order valence-electron chi connectivity index (χ2n) is 5.76. The number of nitrogens with zero attached hydrogens (tertiary/aromatic N) is 1. The Hall–Kier alpha value is -0.0800. The summed E-state index contributed by atoms with van der Waals surface area (Å²) in [6.45, 7) is 2.57. The molecule has 1 saturated heterocycles. The molecular weight excluding hydrogens is 174 g/mol. The summed E-state index contributed by atoms with van der Waals surface area (Å²) in [5.74, 6) is 0. The molecule has 2 heteroatoms. The lowest BCUT2D eigenvalue weighted by Gasteiger charge is -2.60. The molecule has 0 bridgehead atoms. The third-order valence-corrected chi connectivity index (χ3v) is 4.51. The SMILES string of the molecule is OC1CC2(C1)CN(C1CCCCC1)C2. The van der Waals surface area contributed by atoms with Gasteiger partial charge in [0.2, 0.25) is 0 Å². The van der Waals surface area contributed by atoms with Crippen LogP contribution >= 0.6 is 0 Å². The smallest absolute Gasteiger partial charge is 0.0552 e. The van der Waals surface area contributed by atoms with Gasteiger partial charge in [-0.1, -0.05) is 19.3 Å². The van der Waals surface area contributed by atoms with E-state index in [-0.39, 0.29) is 6.10 Å². The Bertz CT molecular complexity index is 208. The van der Waals surface area contributed by atoms with E-state index in [1.807, 2.05) is 0 Å². The van der Waals surface area contributed by atoms with Crippen molar-refractivity contribution in [3.05, 3.63) is 0 Å². The quantitative estimate of drug-likeness (QED) is 0.689. The van der Waals surface area contributed by atoms with Crippen molar-refractivity contribution in [1.82, 2.24) is 4.90 Å². The number of aliphatic hydroxyl groups is 1. The zero-order chi connectivity index (χ0) is 9.60. The van der Waals surface area contributed by atoms with E-state index in [0.717, 1.165) is 18.9 Å². The largest absolute Gasteiger partial charge is 0.393 e. The second kappa shape index (κ2) is 3.21. The van der Waals surface area contributed by atoms with Gasteiger partial charge in [-0.15, -0.1) is 0 Å². The van der Waals surface area contributed by atoms with Crippen molar-refractivity contribution in [2.24, 2.45) is 5.41 Å². The maximum atomic E-state index is 9.33. The Morgan fingerprint density at radius 3 is 2.21 bits per heavy atom. The normalized spacial score (nSPS) is 34.1. The number of aliphatic hydroxyl groups excluding tert-OH is 1. The van der Waals surface area contributed by atoms with Crippen LogP contribution in [0.2, 0.25) is 0 Å². The minimum absolute atomic E-state index is 0.0310. The third-order valence-electron chi connectivity index (χ3n) is 4.51. The van der Waals surface area contributed by atoms with E-state index in [1.54, 1.807) is 0 Å². The molecule has 2 aliphatic carbocycles. The zero-order valence-corrected chi connectivity index (χ0v) is 8.91. The molecule has 1 heterocycles. The van der Waals surface area contributed by atoms with E-state index in [1.165, 1.54) is 45.2 Å². The molecule has 0 unspecified atom stereocenters. The van der Waals surface area contributed by atoms with Gasteiger partial charge in [-0.3, -0.25) is 4.90 Å². The molecule has 3 aliphatic rings. The van der Waals surface area contributed by atoms with Crippen molar-refractivity contribution in [1.29, 1.82) is 0 Å². The van der Waals surface area contributed by atoms with E-state index < -0.39 is 0 Å². The highest BCUT2D eigenvalue weighted by molar-refractivity contribution is 5.06. The zero-order valence-electron chi connectivity index (χ0n) is 8.91. The van der Waals surface area contributed by atoms with Crippen LogP contribution in [0.4, 0.5) is 0 Å². The number of likely N-dealkylation sites (tertiary alicyclic amines) is 1. The van der Waals surface area contributed by atoms with E-state index >= 15 is 0 Å². The highest BCUT2D eigenvalue weighted by Gasteiger charge is 2.52. The van der Waals surface area contributed by atoms with Crippen LogP contribution in [0, 0.1) is 5.41 Å². The fraction of sp³-hybridized carbons (Fsp3) is 1.00. The Balaban J connectivity index is 1.49. The van der Waals surface area contributed by atoms with Crippen LogP contribution in [0.1, 0.15) is 44.9 Å². The summed E-state index contributed by atoms with van der Waals surface area (Å²) < 4.78 is 0. The molecule has 0 amide bonds. The molecule has 0 atom stereocenters. The topological polar surface area (TPSA) is 23.5 Å². The van der Waals surface area contributed by atoms with Gasteiger partial charge in [0.15, 0.2) is 0 Å². The second-order valence-corrected chi connectivity index (χ2v) is 5.76. The average molecular weight is 195 g/mol. The van der Waals surface area contributed by atoms with Crippen LogP contribution in [-0.4, -0.2) is 35.2 Å². The van der Waals surface area contributed by atoms with Gasteiger partial charge in [0.1, 0.15) is 0 Å². The molecule has 80 valence electrons. The van der Waals surface area contributed by atoms with Gasteiger partial charge in [-0.05, 0) is 25.7 Å². The van der Waals surface area contributed by atoms with Crippen LogP contribution in [0.3, 0.4) is 0 Å². The van der Waals surface area contributed by atoms with Gasteiger partial charge in [-0.25, -0.2) is 0 Å². The number of hydrogen-bond acceptors (Lipinski definition) is 2. The molecule has 1 N–H and O–H groups in total. The fourth-order valence-corrected chi connectivity index (χ4v) is 3.72. The van der Waals surface area contributed by atoms with Crippen LogP contribution < -0.4 is 0 Å². The molecule has 2 nitrogen and oxygen atoms in total. The fourth-order valence-electron chi connectivity index (χ4n) is 3.72. The van der Waals surface area contributed by atoms with Crippen molar-refractivity contribution < 1.29 is 5.11 Å². The van der Waals surface area contributed by atoms with Crippen LogP contribution in [0.25, 0.3) is 0 Å². The van der Waals surface area contributed by atoms with E-state index in [4.69, 9.17) is 0 Å².